The molecule has 31 heavy (non-hydrogen) atoms. The summed E-state index contributed by atoms with van der Waals surface area (Å²) >= 11 is 9.22. The predicted molar refractivity (Wildman–Crippen MR) is 122 cm³/mol. The highest BCUT2D eigenvalue weighted by molar-refractivity contribution is 9.10. The number of nitrogens with one attached hydrogen (secondary N) is 1. The molecule has 0 atom stereocenters. The Kier molecular flexibility index (Phi) is 7.42. The maximum Gasteiger partial charge on any atom is 0.264 e. The summed E-state index contributed by atoms with van der Waals surface area (Å²) in [4.78, 5) is 12.5. The molecule has 3 aromatic carbocycles. The van der Waals surface area contributed by atoms with Crippen molar-refractivity contribution < 1.29 is 17.6 Å². The summed E-state index contributed by atoms with van der Waals surface area (Å²) in [5.74, 6) is -1.32. The molecule has 0 saturated heterocycles. The molecule has 1 N–H and O–H groups in total. The fraction of sp³-hybridized carbons (Fsp3) is 0.0476. The van der Waals surface area contributed by atoms with Crippen LogP contribution in [0.1, 0.15) is 5.56 Å². The molecule has 0 aliphatic rings. The van der Waals surface area contributed by atoms with Crippen molar-refractivity contribution >= 4 is 55.4 Å². The van der Waals surface area contributed by atoms with E-state index >= 15 is 0 Å². The molecule has 160 valence electrons. The molecule has 0 heterocycles. The van der Waals surface area contributed by atoms with Crippen molar-refractivity contribution in [2.45, 2.75) is 4.90 Å². The van der Waals surface area contributed by atoms with Gasteiger partial charge in [0, 0.05) is 10.0 Å². The van der Waals surface area contributed by atoms with Crippen LogP contribution in [0.15, 0.2) is 87.3 Å². The van der Waals surface area contributed by atoms with Crippen molar-refractivity contribution in [3.8, 4) is 0 Å². The van der Waals surface area contributed by atoms with Crippen molar-refractivity contribution in [2.24, 2.45) is 5.10 Å². The highest BCUT2D eigenvalue weighted by Crippen LogP contribution is 2.26. The fourth-order valence-electron chi connectivity index (χ4n) is 2.63. The second-order valence-corrected chi connectivity index (χ2v) is 9.42. The zero-order chi connectivity index (χ0) is 22.4. The number of carbonyl (C=O) groups is 1. The van der Waals surface area contributed by atoms with Gasteiger partial charge in [-0.15, -0.1) is 0 Å². The van der Waals surface area contributed by atoms with Crippen LogP contribution >= 0.6 is 27.5 Å². The molecule has 0 unspecified atom stereocenters. The van der Waals surface area contributed by atoms with E-state index in [-0.39, 0.29) is 21.2 Å². The van der Waals surface area contributed by atoms with Crippen LogP contribution in [0, 0.1) is 5.82 Å². The molecule has 0 aliphatic carbocycles. The average molecular weight is 525 g/mol. The molecule has 0 aromatic heterocycles. The number of nitrogens with zero attached hydrogens (tertiary/aromatic N) is 2. The normalized spacial score (nSPS) is 11.5. The van der Waals surface area contributed by atoms with Gasteiger partial charge in [0.25, 0.3) is 15.9 Å². The summed E-state index contributed by atoms with van der Waals surface area (Å²) in [6, 6.07) is 18.4. The van der Waals surface area contributed by atoms with E-state index in [1.807, 2.05) is 0 Å². The van der Waals surface area contributed by atoms with Crippen molar-refractivity contribution in [2.75, 3.05) is 10.8 Å². The minimum atomic E-state index is -4.04. The smallest absolute Gasteiger partial charge is 0.264 e. The Labute approximate surface area is 192 Å². The lowest BCUT2D eigenvalue weighted by Gasteiger charge is -2.23. The SMILES string of the molecule is O=C(CN(c1cccc(Br)c1)S(=O)(=O)c1ccccc1)N/N=C\c1c(F)cccc1Cl. The maximum atomic E-state index is 13.8. The summed E-state index contributed by atoms with van der Waals surface area (Å²) in [6.45, 7) is -0.546. The summed E-state index contributed by atoms with van der Waals surface area (Å²) in [7, 11) is -4.04. The van der Waals surface area contributed by atoms with E-state index < -0.39 is 28.3 Å². The molecular weight excluding hydrogens is 509 g/mol. The molecule has 10 heteroatoms. The van der Waals surface area contributed by atoms with Gasteiger partial charge in [0.2, 0.25) is 0 Å². The lowest BCUT2D eigenvalue weighted by molar-refractivity contribution is -0.119. The number of carbonyl (C=O) groups excluding carboxylic acids is 1. The monoisotopic (exact) mass is 523 g/mol. The van der Waals surface area contributed by atoms with Crippen molar-refractivity contribution in [1.29, 1.82) is 0 Å². The van der Waals surface area contributed by atoms with E-state index in [9.17, 15) is 17.6 Å². The van der Waals surface area contributed by atoms with Crippen LogP contribution < -0.4 is 9.73 Å². The Morgan fingerprint density at radius 2 is 1.81 bits per heavy atom. The number of rotatable bonds is 7. The molecule has 1 amide bonds. The summed E-state index contributed by atoms with van der Waals surface area (Å²) < 4.78 is 41.8. The summed E-state index contributed by atoms with van der Waals surface area (Å²) in [6.07, 6.45) is 1.06. The third-order valence-corrected chi connectivity index (χ3v) is 6.71. The van der Waals surface area contributed by atoms with Crippen LogP contribution in [-0.2, 0) is 14.8 Å². The number of benzene rings is 3. The zero-order valence-electron chi connectivity index (χ0n) is 15.9. The lowest BCUT2D eigenvalue weighted by atomic mass is 10.2. The van der Waals surface area contributed by atoms with Crippen LogP contribution in [0.25, 0.3) is 0 Å². The van der Waals surface area contributed by atoms with Gasteiger partial charge in [-0.1, -0.05) is 57.9 Å². The van der Waals surface area contributed by atoms with Gasteiger partial charge in [-0.3, -0.25) is 9.10 Å². The van der Waals surface area contributed by atoms with Gasteiger partial charge in [-0.2, -0.15) is 5.10 Å². The molecule has 3 rings (SSSR count). The van der Waals surface area contributed by atoms with E-state index in [2.05, 4.69) is 26.5 Å². The predicted octanol–water partition coefficient (Wildman–Crippen LogP) is 4.59. The maximum absolute atomic E-state index is 13.8. The third kappa shape index (κ3) is 5.69. The van der Waals surface area contributed by atoms with Crippen molar-refractivity contribution in [3.63, 3.8) is 0 Å². The number of amides is 1. The van der Waals surface area contributed by atoms with Gasteiger partial charge in [0.05, 0.1) is 21.8 Å². The number of sulfonamides is 1. The first-order valence-electron chi connectivity index (χ1n) is 8.88. The van der Waals surface area contributed by atoms with Crippen LogP contribution in [0.4, 0.5) is 10.1 Å². The van der Waals surface area contributed by atoms with E-state index in [0.29, 0.717) is 4.47 Å². The van der Waals surface area contributed by atoms with E-state index in [4.69, 9.17) is 11.6 Å². The topological polar surface area (TPSA) is 78.8 Å². The van der Waals surface area contributed by atoms with E-state index in [1.54, 1.807) is 42.5 Å². The summed E-state index contributed by atoms with van der Waals surface area (Å²) in [5, 5.41) is 3.83. The van der Waals surface area contributed by atoms with Crippen LogP contribution in [0.5, 0.6) is 0 Å². The summed E-state index contributed by atoms with van der Waals surface area (Å²) in [5.41, 5.74) is 2.50. The number of halogens is 3. The van der Waals surface area contributed by atoms with Gasteiger partial charge in [-0.25, -0.2) is 18.2 Å². The second-order valence-electron chi connectivity index (χ2n) is 6.23. The van der Waals surface area contributed by atoms with Crippen molar-refractivity contribution in [1.82, 2.24) is 5.43 Å². The molecule has 0 spiro atoms. The van der Waals surface area contributed by atoms with Crippen LogP contribution in [0.3, 0.4) is 0 Å². The minimum absolute atomic E-state index is 0.00483. The Morgan fingerprint density at radius 3 is 2.48 bits per heavy atom. The number of hydrazone groups is 1. The van der Waals surface area contributed by atoms with Gasteiger partial charge in [-0.05, 0) is 42.5 Å². The fourth-order valence-corrected chi connectivity index (χ4v) is 4.67. The molecule has 0 radical (unpaired) electrons. The Hall–Kier alpha value is -2.75. The number of hydrogen-bond donors (Lipinski definition) is 1. The highest BCUT2D eigenvalue weighted by Gasteiger charge is 2.27. The Balaban J connectivity index is 1.85. The largest absolute Gasteiger partial charge is 0.271 e. The molecule has 0 saturated carbocycles. The van der Waals surface area contributed by atoms with E-state index in [1.165, 1.54) is 30.3 Å². The number of hydrogen-bond acceptors (Lipinski definition) is 4. The number of anilines is 1. The zero-order valence-corrected chi connectivity index (χ0v) is 19.0. The van der Waals surface area contributed by atoms with Gasteiger partial charge in [0.15, 0.2) is 0 Å². The standard InChI is InChI=1S/C21H16BrClFN3O3S/c22-15-6-4-7-16(12-15)27(31(29,30)17-8-2-1-3-9-17)14-21(28)26-25-13-18-19(23)10-5-11-20(18)24/h1-13H,14H2,(H,26,28)/b25-13-. The van der Waals surface area contributed by atoms with E-state index in [0.717, 1.165) is 10.5 Å². The lowest BCUT2D eigenvalue weighted by Crippen LogP contribution is -2.39. The van der Waals surface area contributed by atoms with Gasteiger partial charge < -0.3 is 0 Å². The van der Waals surface area contributed by atoms with Gasteiger partial charge >= 0.3 is 0 Å². The minimum Gasteiger partial charge on any atom is -0.271 e. The molecule has 3 aromatic rings. The van der Waals surface area contributed by atoms with Gasteiger partial charge in [0.1, 0.15) is 12.4 Å². The molecule has 0 aliphatic heterocycles. The third-order valence-electron chi connectivity index (χ3n) is 4.10. The second kappa shape index (κ2) is 10.0. The van der Waals surface area contributed by atoms with Crippen LogP contribution in [0.2, 0.25) is 5.02 Å². The van der Waals surface area contributed by atoms with Crippen LogP contribution in [-0.4, -0.2) is 27.1 Å². The average Bonchev–Trinajstić information content (AvgIpc) is 2.74. The quantitative estimate of drug-likeness (QED) is 0.363. The van der Waals surface area contributed by atoms with Crippen molar-refractivity contribution in [3.05, 3.63) is 93.7 Å². The highest BCUT2D eigenvalue weighted by atomic mass is 79.9. The Morgan fingerprint density at radius 1 is 1.10 bits per heavy atom. The first-order chi connectivity index (χ1) is 14.8. The molecular formula is C21H16BrClFN3O3S. The molecule has 0 bridgehead atoms. The molecule has 0 fully saturated rings. The molecule has 6 nitrogen and oxygen atoms in total. The first-order valence-corrected chi connectivity index (χ1v) is 11.5. The Bertz CT molecular complexity index is 1200. The first kappa shape index (κ1) is 22.9.